The monoisotopic (exact) mass is 240 g/mol. The molecule has 3 N–H and O–H groups in total. The van der Waals surface area contributed by atoms with E-state index in [1.165, 1.54) is 44.9 Å². The van der Waals surface area contributed by atoms with Crippen LogP contribution in [0.2, 0.25) is 0 Å². The SMILES string of the molecule is CCCCCCC(C)(CN)NCC(C)C1CC1. The minimum Gasteiger partial charge on any atom is -0.329 e. The smallest absolute Gasteiger partial charge is 0.0275 e. The molecule has 1 fully saturated rings. The Morgan fingerprint density at radius 3 is 2.53 bits per heavy atom. The van der Waals surface area contributed by atoms with Crippen molar-refractivity contribution in [3.8, 4) is 0 Å². The molecule has 102 valence electrons. The van der Waals surface area contributed by atoms with Crippen molar-refractivity contribution in [3.05, 3.63) is 0 Å². The van der Waals surface area contributed by atoms with Gasteiger partial charge in [-0.2, -0.15) is 0 Å². The Morgan fingerprint density at radius 2 is 2.00 bits per heavy atom. The summed E-state index contributed by atoms with van der Waals surface area (Å²) in [5.41, 5.74) is 6.10. The van der Waals surface area contributed by atoms with E-state index in [1.54, 1.807) is 0 Å². The number of rotatable bonds is 10. The second-order valence-corrected chi connectivity index (χ2v) is 6.27. The fourth-order valence-electron chi connectivity index (χ4n) is 2.44. The Morgan fingerprint density at radius 1 is 1.29 bits per heavy atom. The third-order valence-electron chi connectivity index (χ3n) is 4.31. The van der Waals surface area contributed by atoms with E-state index in [4.69, 9.17) is 5.73 Å². The quantitative estimate of drug-likeness (QED) is 0.575. The summed E-state index contributed by atoms with van der Waals surface area (Å²) in [6.07, 6.45) is 9.45. The van der Waals surface area contributed by atoms with E-state index >= 15 is 0 Å². The third-order valence-corrected chi connectivity index (χ3v) is 4.31. The van der Waals surface area contributed by atoms with Crippen LogP contribution in [0.3, 0.4) is 0 Å². The van der Waals surface area contributed by atoms with Crippen molar-refractivity contribution in [2.45, 2.75) is 71.3 Å². The molecule has 1 rings (SSSR count). The first-order valence-electron chi connectivity index (χ1n) is 7.56. The third kappa shape index (κ3) is 5.87. The molecule has 0 aromatic heterocycles. The summed E-state index contributed by atoms with van der Waals surface area (Å²) in [4.78, 5) is 0. The van der Waals surface area contributed by atoms with Gasteiger partial charge in [-0.05, 0) is 44.6 Å². The fourth-order valence-corrected chi connectivity index (χ4v) is 2.44. The van der Waals surface area contributed by atoms with Crippen molar-refractivity contribution in [1.82, 2.24) is 5.32 Å². The molecule has 1 aliphatic carbocycles. The highest BCUT2D eigenvalue weighted by Crippen LogP contribution is 2.36. The molecule has 1 saturated carbocycles. The van der Waals surface area contributed by atoms with Crippen LogP contribution in [0.5, 0.6) is 0 Å². The molecule has 0 saturated heterocycles. The topological polar surface area (TPSA) is 38.0 Å². The van der Waals surface area contributed by atoms with E-state index in [1.807, 2.05) is 0 Å². The molecule has 0 radical (unpaired) electrons. The van der Waals surface area contributed by atoms with E-state index in [2.05, 4.69) is 26.1 Å². The van der Waals surface area contributed by atoms with E-state index in [0.717, 1.165) is 24.9 Å². The van der Waals surface area contributed by atoms with Crippen LogP contribution in [0.15, 0.2) is 0 Å². The molecule has 0 aromatic carbocycles. The fraction of sp³-hybridized carbons (Fsp3) is 1.00. The maximum atomic E-state index is 5.94. The Bertz CT molecular complexity index is 201. The van der Waals surface area contributed by atoms with Crippen molar-refractivity contribution in [3.63, 3.8) is 0 Å². The zero-order valence-electron chi connectivity index (χ0n) is 12.1. The maximum absolute atomic E-state index is 5.94. The minimum absolute atomic E-state index is 0.164. The highest BCUT2D eigenvalue weighted by atomic mass is 15.0. The van der Waals surface area contributed by atoms with E-state index in [-0.39, 0.29) is 5.54 Å². The molecule has 2 heteroatoms. The summed E-state index contributed by atoms with van der Waals surface area (Å²) in [5, 5.41) is 3.72. The molecule has 0 aliphatic heterocycles. The summed E-state index contributed by atoms with van der Waals surface area (Å²) < 4.78 is 0. The van der Waals surface area contributed by atoms with Crippen LogP contribution in [-0.4, -0.2) is 18.6 Å². The Hall–Kier alpha value is -0.0800. The highest BCUT2D eigenvalue weighted by molar-refractivity contribution is 4.87. The molecule has 0 aromatic rings. The molecule has 17 heavy (non-hydrogen) atoms. The van der Waals surface area contributed by atoms with Gasteiger partial charge in [0.25, 0.3) is 0 Å². The van der Waals surface area contributed by atoms with Crippen molar-refractivity contribution in [2.75, 3.05) is 13.1 Å². The van der Waals surface area contributed by atoms with Crippen LogP contribution in [-0.2, 0) is 0 Å². The standard InChI is InChI=1S/C15H32N2/c1-4-5-6-7-10-15(3,12-16)17-11-13(2)14-8-9-14/h13-14,17H,4-12,16H2,1-3H3. The molecular formula is C15H32N2. The highest BCUT2D eigenvalue weighted by Gasteiger charge is 2.29. The van der Waals surface area contributed by atoms with Gasteiger partial charge < -0.3 is 11.1 Å². The van der Waals surface area contributed by atoms with Gasteiger partial charge in [0.05, 0.1) is 0 Å². The minimum atomic E-state index is 0.164. The normalized spacial score (nSPS) is 21.2. The van der Waals surface area contributed by atoms with Gasteiger partial charge in [-0.3, -0.25) is 0 Å². The van der Waals surface area contributed by atoms with E-state index in [9.17, 15) is 0 Å². The van der Waals surface area contributed by atoms with Crippen LogP contribution in [0.1, 0.15) is 65.7 Å². The summed E-state index contributed by atoms with van der Waals surface area (Å²) >= 11 is 0. The van der Waals surface area contributed by atoms with Gasteiger partial charge in [0, 0.05) is 12.1 Å². The van der Waals surface area contributed by atoms with Gasteiger partial charge in [-0.1, -0.05) is 39.5 Å². The number of hydrogen-bond acceptors (Lipinski definition) is 2. The summed E-state index contributed by atoms with van der Waals surface area (Å²) in [5.74, 6) is 1.82. The first-order chi connectivity index (χ1) is 8.11. The Kier molecular flexibility index (Phi) is 6.50. The lowest BCUT2D eigenvalue weighted by Gasteiger charge is -2.31. The van der Waals surface area contributed by atoms with Crippen LogP contribution in [0.25, 0.3) is 0 Å². The molecule has 2 nitrogen and oxygen atoms in total. The Labute approximate surface area is 108 Å². The second-order valence-electron chi connectivity index (χ2n) is 6.27. The van der Waals surface area contributed by atoms with Crippen LogP contribution >= 0.6 is 0 Å². The molecule has 0 spiro atoms. The molecule has 0 amide bonds. The lowest BCUT2D eigenvalue weighted by atomic mass is 9.93. The van der Waals surface area contributed by atoms with E-state index < -0.39 is 0 Å². The first-order valence-corrected chi connectivity index (χ1v) is 7.56. The van der Waals surface area contributed by atoms with Crippen LogP contribution in [0.4, 0.5) is 0 Å². The number of nitrogens with two attached hydrogens (primary N) is 1. The van der Waals surface area contributed by atoms with Gasteiger partial charge >= 0.3 is 0 Å². The van der Waals surface area contributed by atoms with Crippen molar-refractivity contribution >= 4 is 0 Å². The molecule has 0 bridgehead atoms. The molecule has 0 heterocycles. The van der Waals surface area contributed by atoms with Gasteiger partial charge in [0.2, 0.25) is 0 Å². The maximum Gasteiger partial charge on any atom is 0.0275 e. The lowest BCUT2D eigenvalue weighted by molar-refractivity contribution is 0.298. The summed E-state index contributed by atoms with van der Waals surface area (Å²) in [7, 11) is 0. The van der Waals surface area contributed by atoms with Crippen molar-refractivity contribution < 1.29 is 0 Å². The van der Waals surface area contributed by atoms with Gasteiger partial charge in [-0.25, -0.2) is 0 Å². The molecular weight excluding hydrogens is 208 g/mol. The number of hydrogen-bond donors (Lipinski definition) is 2. The first kappa shape index (κ1) is 15.0. The van der Waals surface area contributed by atoms with Crippen LogP contribution in [0, 0.1) is 11.8 Å². The lowest BCUT2D eigenvalue weighted by Crippen LogP contribution is -2.50. The van der Waals surface area contributed by atoms with Crippen molar-refractivity contribution in [1.29, 1.82) is 0 Å². The predicted molar refractivity (Wildman–Crippen MR) is 76.1 cm³/mol. The van der Waals surface area contributed by atoms with Crippen LogP contribution < -0.4 is 11.1 Å². The Balaban J connectivity index is 2.18. The zero-order valence-corrected chi connectivity index (χ0v) is 12.1. The summed E-state index contributed by atoms with van der Waals surface area (Å²) in [6.45, 7) is 8.83. The number of nitrogens with one attached hydrogen (secondary N) is 1. The predicted octanol–water partition coefficient (Wildman–Crippen LogP) is 3.31. The average molecular weight is 240 g/mol. The molecule has 2 unspecified atom stereocenters. The van der Waals surface area contributed by atoms with Crippen molar-refractivity contribution in [2.24, 2.45) is 17.6 Å². The van der Waals surface area contributed by atoms with Gasteiger partial charge in [-0.15, -0.1) is 0 Å². The van der Waals surface area contributed by atoms with Gasteiger partial charge in [0.1, 0.15) is 0 Å². The molecule has 2 atom stereocenters. The van der Waals surface area contributed by atoms with Gasteiger partial charge in [0.15, 0.2) is 0 Å². The molecule has 1 aliphatic rings. The largest absolute Gasteiger partial charge is 0.329 e. The average Bonchev–Trinajstić information content (AvgIpc) is 3.16. The second kappa shape index (κ2) is 7.38. The number of unbranched alkanes of at least 4 members (excludes halogenated alkanes) is 3. The summed E-state index contributed by atoms with van der Waals surface area (Å²) in [6, 6.07) is 0. The zero-order chi connectivity index (χ0) is 12.7. The van der Waals surface area contributed by atoms with E-state index in [0.29, 0.717) is 0 Å².